The Hall–Kier alpha value is -4.08. The summed E-state index contributed by atoms with van der Waals surface area (Å²) in [6.45, 7) is 3.53. The fourth-order valence-electron chi connectivity index (χ4n) is 6.24. The highest BCUT2D eigenvalue weighted by atomic mass is 19.4. The molecule has 0 spiro atoms. The molecule has 10 heteroatoms. The lowest BCUT2D eigenvalue weighted by molar-refractivity contribution is -0.142. The lowest BCUT2D eigenvalue weighted by atomic mass is 9.85. The molecule has 1 atom stereocenters. The average Bonchev–Trinajstić information content (AvgIpc) is 3.31. The van der Waals surface area contributed by atoms with Crippen molar-refractivity contribution in [2.45, 2.75) is 71.0 Å². The third-order valence-corrected chi connectivity index (χ3v) is 7.97. The van der Waals surface area contributed by atoms with E-state index in [1.165, 1.54) is 16.8 Å². The number of methoxy groups -OCH3 is 1. The zero-order valence-corrected chi connectivity index (χ0v) is 24.2. The van der Waals surface area contributed by atoms with Gasteiger partial charge < -0.3 is 4.74 Å². The Balaban J connectivity index is 1.54. The van der Waals surface area contributed by atoms with Gasteiger partial charge in [-0.15, -0.1) is 0 Å². The van der Waals surface area contributed by atoms with Crippen molar-refractivity contribution in [1.82, 2.24) is 14.8 Å². The second-order valence-corrected chi connectivity index (χ2v) is 11.1. The number of rotatable bonds is 9. The summed E-state index contributed by atoms with van der Waals surface area (Å²) in [4.78, 5) is 18.2. The highest BCUT2D eigenvalue weighted by molar-refractivity contribution is 5.80. The number of benzene rings is 2. The molecule has 5 nitrogen and oxygen atoms in total. The smallest absolute Gasteiger partial charge is 0.435 e. The van der Waals surface area contributed by atoms with Gasteiger partial charge >= 0.3 is 6.18 Å². The molecule has 226 valence electrons. The van der Waals surface area contributed by atoms with Crippen molar-refractivity contribution in [2.75, 3.05) is 7.11 Å². The Morgan fingerprint density at radius 3 is 2.35 bits per heavy atom. The lowest BCUT2D eigenvalue weighted by Crippen LogP contribution is -2.20. The summed E-state index contributed by atoms with van der Waals surface area (Å²) in [6.07, 6.45) is -1.02. The van der Waals surface area contributed by atoms with Crippen LogP contribution in [0, 0.1) is 25.5 Å². The molecule has 1 aliphatic carbocycles. The predicted molar refractivity (Wildman–Crippen MR) is 152 cm³/mol. The molecule has 0 saturated heterocycles. The molecule has 0 bridgehead atoms. The van der Waals surface area contributed by atoms with E-state index in [9.17, 15) is 26.7 Å². The first-order valence-corrected chi connectivity index (χ1v) is 14.2. The number of carbonyl (C=O) groups is 1. The van der Waals surface area contributed by atoms with E-state index in [0.717, 1.165) is 34.7 Å². The zero-order chi connectivity index (χ0) is 30.9. The second-order valence-electron chi connectivity index (χ2n) is 11.1. The van der Waals surface area contributed by atoms with E-state index in [4.69, 9.17) is 4.74 Å². The normalized spacial score (nSPS) is 14.0. The first kappa shape index (κ1) is 30.4. The molecule has 43 heavy (non-hydrogen) atoms. The molecule has 4 aromatic rings. The van der Waals surface area contributed by atoms with Crippen LogP contribution >= 0.6 is 0 Å². The molecule has 5 rings (SSSR count). The molecule has 0 N–H and O–H groups in total. The van der Waals surface area contributed by atoms with E-state index >= 15 is 0 Å². The molecule has 0 saturated carbocycles. The number of ketones is 1. The van der Waals surface area contributed by atoms with E-state index in [-0.39, 0.29) is 37.2 Å². The number of aromatic nitrogens is 3. The van der Waals surface area contributed by atoms with Crippen LogP contribution in [0.25, 0.3) is 11.1 Å². The molecular weight excluding hydrogens is 565 g/mol. The van der Waals surface area contributed by atoms with Gasteiger partial charge in [-0.25, -0.2) is 8.78 Å². The van der Waals surface area contributed by atoms with Crippen LogP contribution in [0.15, 0.2) is 48.7 Å². The largest absolute Gasteiger partial charge is 0.497 e. The van der Waals surface area contributed by atoms with Crippen LogP contribution in [-0.4, -0.2) is 27.7 Å². The maximum atomic E-state index is 14.2. The highest BCUT2D eigenvalue weighted by Gasteiger charge is 2.39. The molecule has 2 aromatic carbocycles. The molecule has 2 aromatic heterocycles. The number of alkyl halides is 3. The van der Waals surface area contributed by atoms with Gasteiger partial charge in [0.05, 0.1) is 19.3 Å². The second kappa shape index (κ2) is 12.3. The minimum atomic E-state index is -4.61. The first-order valence-electron chi connectivity index (χ1n) is 14.2. The number of hydrogen-bond acceptors (Lipinski definition) is 4. The summed E-state index contributed by atoms with van der Waals surface area (Å²) < 4.78 is 76.2. The van der Waals surface area contributed by atoms with Crippen molar-refractivity contribution in [1.29, 1.82) is 0 Å². The molecule has 0 fully saturated rings. The zero-order valence-electron chi connectivity index (χ0n) is 24.2. The maximum absolute atomic E-state index is 14.2. The van der Waals surface area contributed by atoms with Crippen molar-refractivity contribution in [3.8, 4) is 16.9 Å². The lowest BCUT2D eigenvalue weighted by Gasteiger charge is -2.22. The minimum Gasteiger partial charge on any atom is -0.497 e. The Labute approximate surface area is 246 Å². The van der Waals surface area contributed by atoms with Crippen molar-refractivity contribution < 1.29 is 31.5 Å². The number of halogens is 5. The van der Waals surface area contributed by atoms with Gasteiger partial charge in [0, 0.05) is 41.4 Å². The van der Waals surface area contributed by atoms with Crippen LogP contribution in [0.1, 0.15) is 64.5 Å². The Morgan fingerprint density at radius 2 is 1.70 bits per heavy atom. The summed E-state index contributed by atoms with van der Waals surface area (Å²) in [7, 11) is 1.58. The minimum absolute atomic E-state index is 0.0870. The number of nitrogens with zero attached hydrogens (tertiary/aromatic N) is 3. The van der Waals surface area contributed by atoms with Gasteiger partial charge in [0.1, 0.15) is 17.4 Å². The van der Waals surface area contributed by atoms with Crippen LogP contribution in [-0.2, 0) is 36.8 Å². The number of fused-ring (bicyclic) bond motifs is 1. The van der Waals surface area contributed by atoms with E-state index in [0.29, 0.717) is 35.5 Å². The van der Waals surface area contributed by atoms with Crippen molar-refractivity contribution >= 4 is 5.78 Å². The van der Waals surface area contributed by atoms with Gasteiger partial charge in [0.25, 0.3) is 0 Å². The fraction of sp³-hybridized carbons (Fsp3) is 0.364. The average molecular weight is 598 g/mol. The van der Waals surface area contributed by atoms with Crippen molar-refractivity contribution in [3.63, 3.8) is 0 Å². The SMILES string of the molecule is COc1cc(C)c(-c2cccnc2C(CC(=O)Cn2nc(C(F)(F)F)c3c2CCCC3)Cc2cc(F)cc(F)c2)c(C)c1. The number of Topliss-reactive ketones (excluding diaryl/α,β-unsaturated/α-hetero) is 1. The quantitative estimate of drug-likeness (QED) is 0.185. The summed E-state index contributed by atoms with van der Waals surface area (Å²) in [6, 6.07) is 10.6. The van der Waals surface area contributed by atoms with E-state index < -0.39 is 29.4 Å². The number of hydrogen-bond donors (Lipinski definition) is 0. The standard InChI is InChI=1S/C33H32F5N3O2/c1-19-11-26(43-3)12-20(2)30(19)28-8-6-10-39-31(28)22(13-21-14-23(34)17-24(35)15-21)16-25(42)18-41-29-9-5-4-7-27(29)32(40-41)33(36,37)38/h6,8,10-12,14-15,17,22H,4-5,7,9,13,16,18H2,1-3H3. The molecule has 2 heterocycles. The topological polar surface area (TPSA) is 57.0 Å². The van der Waals surface area contributed by atoms with Crippen LogP contribution < -0.4 is 4.74 Å². The molecule has 0 amide bonds. The van der Waals surface area contributed by atoms with E-state index in [1.54, 1.807) is 19.4 Å². The summed E-state index contributed by atoms with van der Waals surface area (Å²) >= 11 is 0. The Bertz CT molecular complexity index is 1620. The van der Waals surface area contributed by atoms with Gasteiger partial charge in [0.15, 0.2) is 11.5 Å². The van der Waals surface area contributed by atoms with Gasteiger partial charge in [-0.2, -0.15) is 18.3 Å². The summed E-state index contributed by atoms with van der Waals surface area (Å²) in [5, 5.41) is 3.84. The van der Waals surface area contributed by atoms with Crippen LogP contribution in [0.2, 0.25) is 0 Å². The Morgan fingerprint density at radius 1 is 1.02 bits per heavy atom. The van der Waals surface area contributed by atoms with Gasteiger partial charge in [-0.05, 0) is 98.5 Å². The highest BCUT2D eigenvalue weighted by Crippen LogP contribution is 2.38. The molecule has 1 aliphatic rings. The third-order valence-electron chi connectivity index (χ3n) is 7.97. The predicted octanol–water partition coefficient (Wildman–Crippen LogP) is 7.73. The van der Waals surface area contributed by atoms with Gasteiger partial charge in [0.2, 0.25) is 0 Å². The van der Waals surface area contributed by atoms with Crippen LogP contribution in [0.4, 0.5) is 22.0 Å². The van der Waals surface area contributed by atoms with Crippen LogP contribution in [0.3, 0.4) is 0 Å². The molecule has 0 radical (unpaired) electrons. The number of ether oxygens (including phenoxy) is 1. The summed E-state index contributed by atoms with van der Waals surface area (Å²) in [5.41, 5.74) is 4.04. The number of pyridine rings is 1. The molecule has 0 aliphatic heterocycles. The van der Waals surface area contributed by atoms with E-state index in [1.807, 2.05) is 32.0 Å². The van der Waals surface area contributed by atoms with E-state index in [2.05, 4.69) is 10.1 Å². The monoisotopic (exact) mass is 597 g/mol. The van der Waals surface area contributed by atoms with Crippen LogP contribution in [0.5, 0.6) is 5.75 Å². The maximum Gasteiger partial charge on any atom is 0.435 e. The number of aryl methyl sites for hydroxylation is 2. The van der Waals surface area contributed by atoms with Crippen molar-refractivity contribution in [3.05, 3.63) is 99.6 Å². The molecular formula is C33H32F5N3O2. The van der Waals surface area contributed by atoms with Gasteiger partial charge in [-0.1, -0.05) is 6.07 Å². The number of carbonyl (C=O) groups excluding carboxylic acids is 1. The fourth-order valence-corrected chi connectivity index (χ4v) is 6.24. The molecule has 1 unspecified atom stereocenters. The van der Waals surface area contributed by atoms with Gasteiger partial charge in [-0.3, -0.25) is 14.5 Å². The summed E-state index contributed by atoms with van der Waals surface area (Å²) in [5.74, 6) is -1.78. The Kier molecular flexibility index (Phi) is 8.66. The van der Waals surface area contributed by atoms with Crippen molar-refractivity contribution in [2.24, 2.45) is 0 Å². The first-order chi connectivity index (χ1) is 20.4. The third kappa shape index (κ3) is 6.63.